The Balaban J connectivity index is 0.000000280. The molecule has 0 bridgehead atoms. The van der Waals surface area contributed by atoms with E-state index in [1.54, 1.807) is 67.5 Å². The van der Waals surface area contributed by atoms with E-state index in [1.165, 1.54) is 0 Å². The van der Waals surface area contributed by atoms with E-state index >= 15 is 0 Å². The molecule has 0 unspecified atom stereocenters. The van der Waals surface area contributed by atoms with Gasteiger partial charge in [-0.25, -0.2) is 4.98 Å². The largest absolute Gasteiger partial charge is 3.00 e. The summed E-state index contributed by atoms with van der Waals surface area (Å²) in [7, 11) is 0. The number of benzene rings is 2. The van der Waals surface area contributed by atoms with Gasteiger partial charge >= 0.3 is 20.1 Å². The van der Waals surface area contributed by atoms with Gasteiger partial charge in [0.25, 0.3) is 0 Å². The maximum atomic E-state index is 13.2. The van der Waals surface area contributed by atoms with Crippen molar-refractivity contribution in [2.45, 2.75) is 0 Å². The summed E-state index contributed by atoms with van der Waals surface area (Å²) in [5, 5.41) is 6.25. The molecule has 0 aliphatic carbocycles. The molecule has 5 nitrogen and oxygen atoms in total. The van der Waals surface area contributed by atoms with E-state index in [9.17, 15) is 17.6 Å². The maximum absolute atomic E-state index is 13.2. The van der Waals surface area contributed by atoms with Crippen LogP contribution >= 0.6 is 0 Å². The fourth-order valence-corrected chi connectivity index (χ4v) is 2.52. The van der Waals surface area contributed by atoms with Gasteiger partial charge in [0.05, 0.1) is 6.33 Å². The van der Waals surface area contributed by atoms with Crippen LogP contribution in [0.15, 0.2) is 91.8 Å². The van der Waals surface area contributed by atoms with Crippen molar-refractivity contribution >= 4 is 0 Å². The fourth-order valence-electron chi connectivity index (χ4n) is 2.52. The van der Waals surface area contributed by atoms with Gasteiger partial charge in [-0.15, -0.1) is 24.3 Å². The fraction of sp³-hybridized carbons (Fsp3) is 0. The van der Waals surface area contributed by atoms with Crippen molar-refractivity contribution in [1.29, 1.82) is 5.26 Å². The third-order valence-electron chi connectivity index (χ3n) is 3.96. The Kier molecular flexibility index (Phi) is 13.6. The van der Waals surface area contributed by atoms with E-state index in [0.717, 1.165) is 24.3 Å². The van der Waals surface area contributed by atoms with Crippen molar-refractivity contribution in [2.75, 3.05) is 0 Å². The normalized spacial score (nSPS) is 9.06. The second-order valence-corrected chi connectivity index (χ2v) is 6.27. The number of hydrogen-bond donors (Lipinski definition) is 1. The number of pyridine rings is 2. The minimum absolute atomic E-state index is 0. The zero-order valence-corrected chi connectivity index (χ0v) is 20.7. The van der Waals surface area contributed by atoms with E-state index < -0.39 is 23.3 Å². The van der Waals surface area contributed by atoms with Crippen LogP contribution in [0.25, 0.3) is 22.5 Å². The van der Waals surface area contributed by atoms with E-state index in [4.69, 9.17) is 11.8 Å². The van der Waals surface area contributed by atoms with Gasteiger partial charge in [0.2, 0.25) is 0 Å². The minimum Gasteiger partial charge on any atom is -0.512 e. The molecule has 5 aromatic rings. The molecule has 1 N–H and O–H groups in total. The summed E-state index contributed by atoms with van der Waals surface area (Å²) in [4.78, 5) is 14.3. The maximum Gasteiger partial charge on any atom is 3.00 e. The Morgan fingerprint density at radius 1 is 0.722 bits per heavy atom. The summed E-state index contributed by atoms with van der Waals surface area (Å²) in [6.45, 7) is 4.75. The summed E-state index contributed by atoms with van der Waals surface area (Å²) < 4.78 is 51.6. The first-order chi connectivity index (χ1) is 17.0. The monoisotopic (exact) mass is 667 g/mol. The van der Waals surface area contributed by atoms with Crippen LogP contribution in [0.3, 0.4) is 0 Å². The van der Waals surface area contributed by atoms with Crippen LogP contribution < -0.4 is 0 Å². The van der Waals surface area contributed by atoms with Crippen molar-refractivity contribution in [1.82, 2.24) is 19.9 Å². The molecule has 3 aromatic heterocycles. The number of H-pyrrole nitrogens is 1. The molecule has 10 heteroatoms. The van der Waals surface area contributed by atoms with Gasteiger partial charge in [0.15, 0.2) is 0 Å². The van der Waals surface area contributed by atoms with Crippen LogP contribution in [0.5, 0.6) is 0 Å². The number of imidazole rings is 1. The summed E-state index contributed by atoms with van der Waals surface area (Å²) in [5.74, 6) is -2.57. The van der Waals surface area contributed by atoms with Crippen LogP contribution in [0.1, 0.15) is 0 Å². The van der Waals surface area contributed by atoms with Crippen molar-refractivity contribution < 1.29 is 37.7 Å². The summed E-state index contributed by atoms with van der Waals surface area (Å²) in [6, 6.07) is 19.1. The van der Waals surface area contributed by atoms with E-state index in [0.29, 0.717) is 11.4 Å². The number of nitrogens with one attached hydrogen (secondary N) is 1. The van der Waals surface area contributed by atoms with Gasteiger partial charge in [-0.3, -0.25) is 17.6 Å². The number of aromatic nitrogens is 4. The van der Waals surface area contributed by atoms with Crippen molar-refractivity contribution in [3.8, 4) is 22.5 Å². The van der Waals surface area contributed by atoms with Crippen LogP contribution in [0, 0.1) is 47.2 Å². The van der Waals surface area contributed by atoms with E-state index in [-0.39, 0.29) is 31.2 Å². The predicted octanol–water partition coefficient (Wildman–Crippen LogP) is 6.16. The Hall–Kier alpha value is -4.19. The molecule has 0 radical (unpaired) electrons. The number of halogens is 4. The summed E-state index contributed by atoms with van der Waals surface area (Å²) in [5.41, 5.74) is 1.27. The molecule has 0 fully saturated rings. The smallest absolute Gasteiger partial charge is 0.512 e. The van der Waals surface area contributed by atoms with Crippen LogP contribution in [-0.2, 0) is 20.1 Å². The molecule has 36 heavy (non-hydrogen) atoms. The molecular formula is C26H16F4IrN5. The summed E-state index contributed by atoms with van der Waals surface area (Å²) in [6.07, 6.45) is 8.18. The average molecular weight is 667 g/mol. The average Bonchev–Trinajstić information content (AvgIpc) is 3.47. The van der Waals surface area contributed by atoms with Gasteiger partial charge < -0.3 is 26.8 Å². The van der Waals surface area contributed by atoms with Gasteiger partial charge in [-0.2, -0.15) is 0 Å². The van der Waals surface area contributed by atoms with Crippen LogP contribution in [-0.4, -0.2) is 19.9 Å². The molecule has 2 aromatic carbocycles. The number of hydrogen-bond acceptors (Lipinski definition) is 4. The van der Waals surface area contributed by atoms with Gasteiger partial charge in [-0.05, 0) is 23.5 Å². The quantitative estimate of drug-likeness (QED) is 0.181. The standard InChI is InChI=1S/2C11H6F2N.C3H4N2.CN.Ir/c2*12-8-4-5-9(10(13)7-8)11-3-1-2-6-14-11;1-2-5-3-4-1;1-2;/h2*1-4,6-7H;1-3H,(H,4,5);;/q2*-1;;-1;+3. The first-order valence-corrected chi connectivity index (χ1v) is 9.76. The molecule has 0 saturated heterocycles. The molecule has 0 aliphatic heterocycles. The van der Waals surface area contributed by atoms with Crippen LogP contribution in [0.2, 0.25) is 0 Å². The first-order valence-electron chi connectivity index (χ1n) is 9.76. The summed E-state index contributed by atoms with van der Waals surface area (Å²) >= 11 is 0. The second-order valence-electron chi connectivity index (χ2n) is 6.27. The molecular weight excluding hydrogens is 651 g/mol. The Bertz CT molecular complexity index is 1200. The molecule has 182 valence electrons. The molecule has 0 spiro atoms. The SMILES string of the molecule is Fc1c[c-]c(-c2ccccn2)c(F)c1.Fc1c[c-]c(-c2ccccn2)c(F)c1.[C-]#N.[Ir+3].c1c[nH]cn1. The zero-order valence-electron chi connectivity index (χ0n) is 18.3. The number of aromatic amines is 1. The van der Waals surface area contributed by atoms with Crippen molar-refractivity contribution in [3.05, 3.63) is 134 Å². The van der Waals surface area contributed by atoms with Gasteiger partial charge in [0, 0.05) is 48.1 Å². The molecule has 0 aliphatic rings. The second kappa shape index (κ2) is 16.4. The molecule has 0 amide bonds. The van der Waals surface area contributed by atoms with E-state index in [2.05, 4.69) is 32.1 Å². The Morgan fingerprint density at radius 2 is 1.19 bits per heavy atom. The third kappa shape index (κ3) is 9.58. The van der Waals surface area contributed by atoms with Crippen LogP contribution in [0.4, 0.5) is 17.6 Å². The van der Waals surface area contributed by atoms with Gasteiger partial charge in [-0.1, -0.05) is 47.5 Å². The third-order valence-corrected chi connectivity index (χ3v) is 3.96. The molecule has 0 atom stereocenters. The minimum atomic E-state index is -0.649. The van der Waals surface area contributed by atoms with Crippen molar-refractivity contribution in [3.63, 3.8) is 0 Å². The van der Waals surface area contributed by atoms with Crippen molar-refractivity contribution in [2.24, 2.45) is 0 Å². The Labute approximate surface area is 218 Å². The predicted molar refractivity (Wildman–Crippen MR) is 120 cm³/mol. The van der Waals surface area contributed by atoms with E-state index in [1.807, 2.05) is 0 Å². The van der Waals surface area contributed by atoms with Gasteiger partial charge in [0.1, 0.15) is 0 Å². The topological polar surface area (TPSA) is 78.2 Å². The Morgan fingerprint density at radius 3 is 1.47 bits per heavy atom. The molecule has 3 heterocycles. The number of nitrogens with zero attached hydrogens (tertiary/aromatic N) is 4. The zero-order chi connectivity index (χ0) is 25.5. The molecule has 5 rings (SSSR count). The first kappa shape index (κ1) is 29.8. The molecule has 0 saturated carbocycles. The number of rotatable bonds is 2.